The number of rotatable bonds is 2. The van der Waals surface area contributed by atoms with Crippen molar-refractivity contribution in [2.75, 3.05) is 0 Å². The Morgan fingerprint density at radius 1 is 1.38 bits per heavy atom. The summed E-state index contributed by atoms with van der Waals surface area (Å²) < 4.78 is 0. The van der Waals surface area contributed by atoms with Crippen LogP contribution in [0.5, 0.6) is 0 Å². The van der Waals surface area contributed by atoms with Crippen molar-refractivity contribution in [3.05, 3.63) is 30.1 Å². The fourth-order valence-electron chi connectivity index (χ4n) is 2.31. The molecule has 0 radical (unpaired) electrons. The third kappa shape index (κ3) is 1.72. The molecule has 1 aromatic heterocycles. The van der Waals surface area contributed by atoms with Crippen LogP contribution in [0.15, 0.2) is 24.4 Å². The summed E-state index contributed by atoms with van der Waals surface area (Å²) in [7, 11) is 0. The molecular formula is C14H18N2. The van der Waals surface area contributed by atoms with Crippen molar-refractivity contribution in [2.24, 2.45) is 11.1 Å². The van der Waals surface area contributed by atoms with Crippen molar-refractivity contribution < 1.29 is 0 Å². The van der Waals surface area contributed by atoms with Gasteiger partial charge in [-0.2, -0.15) is 0 Å². The van der Waals surface area contributed by atoms with Crippen LogP contribution >= 0.6 is 0 Å². The fraction of sp³-hybridized carbons (Fsp3) is 0.500. The molecule has 1 aromatic rings. The Balaban J connectivity index is 2.20. The van der Waals surface area contributed by atoms with Gasteiger partial charge < -0.3 is 5.73 Å². The summed E-state index contributed by atoms with van der Waals surface area (Å²) >= 11 is 0. The maximum atomic E-state index is 6.28. The van der Waals surface area contributed by atoms with Crippen molar-refractivity contribution in [3.8, 4) is 11.8 Å². The lowest BCUT2D eigenvalue weighted by Gasteiger charge is -2.13. The van der Waals surface area contributed by atoms with Gasteiger partial charge in [-0.25, -0.2) is 4.98 Å². The Morgan fingerprint density at radius 3 is 2.69 bits per heavy atom. The van der Waals surface area contributed by atoms with Gasteiger partial charge >= 0.3 is 0 Å². The maximum Gasteiger partial charge on any atom is 0.113 e. The molecule has 1 fully saturated rings. The van der Waals surface area contributed by atoms with Crippen molar-refractivity contribution in [1.82, 2.24) is 4.98 Å². The summed E-state index contributed by atoms with van der Waals surface area (Å²) in [6, 6.07) is 5.79. The highest BCUT2D eigenvalue weighted by molar-refractivity contribution is 5.38. The SMILES string of the molecule is CCC1(N)CC1(C#Cc1ccccn1)CC. The van der Waals surface area contributed by atoms with Crippen molar-refractivity contribution in [2.45, 2.75) is 38.6 Å². The van der Waals surface area contributed by atoms with E-state index in [2.05, 4.69) is 30.7 Å². The molecule has 1 saturated carbocycles. The Labute approximate surface area is 97.3 Å². The normalized spacial score (nSPS) is 31.7. The van der Waals surface area contributed by atoms with Crippen LogP contribution in [0.3, 0.4) is 0 Å². The van der Waals surface area contributed by atoms with E-state index in [0.717, 1.165) is 25.0 Å². The summed E-state index contributed by atoms with van der Waals surface area (Å²) in [4.78, 5) is 4.20. The average Bonchev–Trinajstić information content (AvgIpc) is 2.95. The topological polar surface area (TPSA) is 38.9 Å². The lowest BCUT2D eigenvalue weighted by molar-refractivity contribution is 0.490. The monoisotopic (exact) mass is 214 g/mol. The molecule has 1 aliphatic carbocycles. The Kier molecular flexibility index (Phi) is 2.73. The molecule has 2 atom stereocenters. The Bertz CT molecular complexity index is 429. The molecule has 84 valence electrons. The van der Waals surface area contributed by atoms with Crippen LogP contribution in [0.25, 0.3) is 0 Å². The van der Waals surface area contributed by atoms with Gasteiger partial charge in [0.15, 0.2) is 0 Å². The van der Waals surface area contributed by atoms with E-state index in [-0.39, 0.29) is 11.0 Å². The summed E-state index contributed by atoms with van der Waals surface area (Å²) in [5, 5.41) is 0. The standard InChI is InChI=1S/C14H18N2/c1-3-13(11-14(13,15)4-2)9-8-12-7-5-6-10-16-12/h5-7,10H,3-4,11,15H2,1-2H3. The molecule has 0 aromatic carbocycles. The molecule has 2 nitrogen and oxygen atoms in total. The van der Waals surface area contributed by atoms with Gasteiger partial charge in [0.25, 0.3) is 0 Å². The Morgan fingerprint density at radius 2 is 2.19 bits per heavy atom. The van der Waals surface area contributed by atoms with Gasteiger partial charge in [-0.3, -0.25) is 0 Å². The van der Waals surface area contributed by atoms with Gasteiger partial charge in [0.2, 0.25) is 0 Å². The number of hydrogen-bond acceptors (Lipinski definition) is 2. The molecule has 2 unspecified atom stereocenters. The first kappa shape index (κ1) is 11.2. The minimum Gasteiger partial charge on any atom is -0.324 e. The van der Waals surface area contributed by atoms with E-state index in [0.29, 0.717) is 0 Å². The predicted octanol–water partition coefficient (Wildman–Crippen LogP) is 2.34. The summed E-state index contributed by atoms with van der Waals surface area (Å²) in [5.41, 5.74) is 7.07. The quantitative estimate of drug-likeness (QED) is 0.767. The van der Waals surface area contributed by atoms with E-state index in [1.165, 1.54) is 0 Å². The van der Waals surface area contributed by atoms with Gasteiger partial charge in [-0.1, -0.05) is 25.8 Å². The average molecular weight is 214 g/mol. The second-order valence-electron chi connectivity index (χ2n) is 4.59. The highest BCUT2D eigenvalue weighted by atomic mass is 14.9. The van der Waals surface area contributed by atoms with Gasteiger partial charge in [0, 0.05) is 11.7 Å². The third-order valence-electron chi connectivity index (χ3n) is 3.77. The van der Waals surface area contributed by atoms with Crippen molar-refractivity contribution >= 4 is 0 Å². The van der Waals surface area contributed by atoms with E-state index in [9.17, 15) is 0 Å². The molecule has 0 saturated heterocycles. The molecule has 16 heavy (non-hydrogen) atoms. The van der Waals surface area contributed by atoms with Crippen molar-refractivity contribution in [1.29, 1.82) is 0 Å². The fourth-order valence-corrected chi connectivity index (χ4v) is 2.31. The minimum absolute atomic E-state index is 0.0271. The van der Waals surface area contributed by atoms with Crippen LogP contribution in [0.1, 0.15) is 38.8 Å². The zero-order valence-electron chi connectivity index (χ0n) is 9.96. The molecule has 0 aliphatic heterocycles. The van der Waals surface area contributed by atoms with Crippen LogP contribution in [0, 0.1) is 17.3 Å². The highest BCUT2D eigenvalue weighted by Crippen LogP contribution is 2.58. The van der Waals surface area contributed by atoms with Crippen LogP contribution in [0.4, 0.5) is 0 Å². The van der Waals surface area contributed by atoms with E-state index in [1.54, 1.807) is 6.20 Å². The first-order valence-electron chi connectivity index (χ1n) is 5.89. The molecule has 1 aliphatic rings. The summed E-state index contributed by atoms with van der Waals surface area (Å²) in [5.74, 6) is 6.49. The van der Waals surface area contributed by atoms with Gasteiger partial charge in [-0.05, 0) is 37.3 Å². The largest absolute Gasteiger partial charge is 0.324 e. The zero-order valence-corrected chi connectivity index (χ0v) is 9.96. The lowest BCUT2D eigenvalue weighted by atomic mass is 9.95. The molecule has 1 heterocycles. The first-order valence-corrected chi connectivity index (χ1v) is 5.89. The third-order valence-corrected chi connectivity index (χ3v) is 3.77. The first-order chi connectivity index (χ1) is 7.66. The van der Waals surface area contributed by atoms with E-state index < -0.39 is 0 Å². The van der Waals surface area contributed by atoms with Crippen LogP contribution in [0.2, 0.25) is 0 Å². The van der Waals surface area contributed by atoms with E-state index in [4.69, 9.17) is 5.73 Å². The van der Waals surface area contributed by atoms with Gasteiger partial charge in [0.1, 0.15) is 5.69 Å². The summed E-state index contributed by atoms with van der Waals surface area (Å²) in [6.45, 7) is 4.30. The molecular weight excluding hydrogens is 196 g/mol. The number of pyridine rings is 1. The maximum absolute atomic E-state index is 6.28. The van der Waals surface area contributed by atoms with Gasteiger partial charge in [0.05, 0.1) is 5.41 Å². The lowest BCUT2D eigenvalue weighted by Crippen LogP contribution is -2.28. The number of aromatic nitrogens is 1. The zero-order chi connectivity index (χ0) is 11.6. The van der Waals surface area contributed by atoms with E-state index >= 15 is 0 Å². The molecule has 2 rings (SSSR count). The van der Waals surface area contributed by atoms with Crippen molar-refractivity contribution in [3.63, 3.8) is 0 Å². The van der Waals surface area contributed by atoms with Crippen LogP contribution in [-0.2, 0) is 0 Å². The molecule has 0 spiro atoms. The van der Waals surface area contributed by atoms with Crippen LogP contribution in [-0.4, -0.2) is 10.5 Å². The Hall–Kier alpha value is -1.33. The van der Waals surface area contributed by atoms with E-state index in [1.807, 2.05) is 18.2 Å². The molecule has 2 N–H and O–H groups in total. The second kappa shape index (κ2) is 3.92. The molecule has 0 amide bonds. The smallest absolute Gasteiger partial charge is 0.113 e. The minimum atomic E-state index is -0.0659. The molecule has 2 heteroatoms. The predicted molar refractivity (Wildman–Crippen MR) is 65.7 cm³/mol. The second-order valence-corrected chi connectivity index (χ2v) is 4.59. The van der Waals surface area contributed by atoms with Gasteiger partial charge in [-0.15, -0.1) is 0 Å². The highest BCUT2D eigenvalue weighted by Gasteiger charge is 2.61. The number of hydrogen-bond donors (Lipinski definition) is 1. The summed E-state index contributed by atoms with van der Waals surface area (Å²) in [6.07, 6.45) is 4.81. The number of nitrogens with two attached hydrogens (primary N) is 1. The number of nitrogens with zero attached hydrogens (tertiary/aromatic N) is 1. The van der Waals surface area contributed by atoms with Crippen LogP contribution < -0.4 is 5.73 Å². The molecule has 0 bridgehead atoms.